The molecule has 0 aromatic rings. The number of hydrogen-bond donors (Lipinski definition) is 1. The van der Waals surface area contributed by atoms with Crippen LogP contribution in [0, 0.1) is 11.8 Å². The summed E-state index contributed by atoms with van der Waals surface area (Å²) in [5, 5.41) is 9.17. The molecule has 0 rings (SSSR count). The maximum absolute atomic E-state index is 9.17. The molecule has 3 unspecified atom stereocenters. The summed E-state index contributed by atoms with van der Waals surface area (Å²) in [5.41, 5.74) is 0. The van der Waals surface area contributed by atoms with Crippen LogP contribution in [0.4, 0.5) is 0 Å². The second-order valence-electron chi connectivity index (χ2n) is 4.80. The predicted octanol–water partition coefficient (Wildman–Crippen LogP) is 4.00. The van der Waals surface area contributed by atoms with Crippen molar-refractivity contribution in [2.75, 3.05) is 0 Å². The van der Waals surface area contributed by atoms with Gasteiger partial charge in [-0.1, -0.05) is 46.5 Å². The van der Waals surface area contributed by atoms with Gasteiger partial charge in [-0.15, -0.1) is 0 Å². The number of rotatable bonds is 8. The maximum atomic E-state index is 9.17. The fourth-order valence-corrected chi connectivity index (χ4v) is 1.93. The minimum Gasteiger partial charge on any atom is -0.393 e. The van der Waals surface area contributed by atoms with Crippen LogP contribution >= 0.6 is 0 Å². The summed E-state index contributed by atoms with van der Waals surface area (Å²) in [6.45, 7) is 8.79. The molecule has 0 saturated carbocycles. The van der Waals surface area contributed by atoms with E-state index in [1.807, 2.05) is 6.92 Å². The molecule has 0 aromatic heterocycles. The number of aliphatic hydroxyl groups is 1. The zero-order chi connectivity index (χ0) is 11.0. The van der Waals surface area contributed by atoms with E-state index in [1.54, 1.807) is 0 Å². The number of hydrogen-bond acceptors (Lipinski definition) is 1. The Balaban J connectivity index is 3.57. The van der Waals surface area contributed by atoms with Crippen molar-refractivity contribution in [1.29, 1.82) is 0 Å². The largest absolute Gasteiger partial charge is 0.393 e. The minimum atomic E-state index is -0.115. The molecule has 1 heteroatoms. The lowest BCUT2D eigenvalue weighted by molar-refractivity contribution is 0.176. The van der Waals surface area contributed by atoms with Gasteiger partial charge in [0.1, 0.15) is 0 Å². The van der Waals surface area contributed by atoms with Crippen molar-refractivity contribution in [1.82, 2.24) is 0 Å². The van der Waals surface area contributed by atoms with E-state index in [4.69, 9.17) is 5.11 Å². The summed E-state index contributed by atoms with van der Waals surface area (Å²) in [7, 11) is 0. The van der Waals surface area contributed by atoms with Crippen molar-refractivity contribution in [2.24, 2.45) is 11.8 Å². The standard InChI is InChI=1S/C13H28O/c1-5-11(3)10-13(6-2)9-7-8-12(4)14/h11-14H,5-10H2,1-4H3. The Morgan fingerprint density at radius 2 is 1.64 bits per heavy atom. The summed E-state index contributed by atoms with van der Waals surface area (Å²) < 4.78 is 0. The molecule has 0 fully saturated rings. The molecule has 0 bridgehead atoms. The second kappa shape index (κ2) is 8.28. The van der Waals surface area contributed by atoms with Crippen LogP contribution in [0.15, 0.2) is 0 Å². The van der Waals surface area contributed by atoms with E-state index in [2.05, 4.69) is 20.8 Å². The molecule has 3 atom stereocenters. The van der Waals surface area contributed by atoms with Gasteiger partial charge in [0.2, 0.25) is 0 Å². The molecule has 0 heterocycles. The van der Waals surface area contributed by atoms with E-state index in [-0.39, 0.29) is 6.10 Å². The van der Waals surface area contributed by atoms with E-state index in [0.717, 1.165) is 18.3 Å². The van der Waals surface area contributed by atoms with Gasteiger partial charge in [-0.25, -0.2) is 0 Å². The Hall–Kier alpha value is -0.0400. The van der Waals surface area contributed by atoms with Crippen molar-refractivity contribution >= 4 is 0 Å². The molecule has 0 spiro atoms. The van der Waals surface area contributed by atoms with E-state index in [9.17, 15) is 0 Å². The fraction of sp³-hybridized carbons (Fsp3) is 1.00. The lowest BCUT2D eigenvalue weighted by atomic mass is 9.88. The molecule has 0 radical (unpaired) electrons. The van der Waals surface area contributed by atoms with Gasteiger partial charge in [-0.05, 0) is 31.6 Å². The molecule has 0 saturated heterocycles. The summed E-state index contributed by atoms with van der Waals surface area (Å²) in [6, 6.07) is 0. The fourth-order valence-electron chi connectivity index (χ4n) is 1.93. The first-order chi connectivity index (χ1) is 6.60. The molecule has 0 amide bonds. The van der Waals surface area contributed by atoms with Crippen LogP contribution in [0.25, 0.3) is 0 Å². The Morgan fingerprint density at radius 1 is 1.00 bits per heavy atom. The summed E-state index contributed by atoms with van der Waals surface area (Å²) in [5.74, 6) is 1.75. The highest BCUT2D eigenvalue weighted by molar-refractivity contribution is 4.62. The van der Waals surface area contributed by atoms with Crippen LogP contribution in [-0.2, 0) is 0 Å². The van der Waals surface area contributed by atoms with Gasteiger partial charge in [0.05, 0.1) is 6.10 Å². The van der Waals surface area contributed by atoms with Crippen LogP contribution in [0.3, 0.4) is 0 Å². The monoisotopic (exact) mass is 200 g/mol. The third kappa shape index (κ3) is 7.37. The van der Waals surface area contributed by atoms with Crippen LogP contribution in [-0.4, -0.2) is 11.2 Å². The SMILES string of the molecule is CCC(C)CC(CC)CCCC(C)O. The average Bonchev–Trinajstić information content (AvgIpc) is 2.15. The third-order valence-electron chi connectivity index (χ3n) is 3.24. The highest BCUT2D eigenvalue weighted by atomic mass is 16.3. The molecule has 0 aliphatic rings. The van der Waals surface area contributed by atoms with Gasteiger partial charge in [-0.2, -0.15) is 0 Å². The Labute approximate surface area is 89.9 Å². The lowest BCUT2D eigenvalue weighted by Crippen LogP contribution is -2.07. The third-order valence-corrected chi connectivity index (χ3v) is 3.24. The van der Waals surface area contributed by atoms with Gasteiger partial charge in [-0.3, -0.25) is 0 Å². The Bertz CT molecular complexity index is 120. The summed E-state index contributed by atoms with van der Waals surface area (Å²) >= 11 is 0. The quantitative estimate of drug-likeness (QED) is 0.628. The zero-order valence-corrected chi connectivity index (χ0v) is 10.4. The second-order valence-corrected chi connectivity index (χ2v) is 4.80. The van der Waals surface area contributed by atoms with E-state index in [1.165, 1.54) is 32.1 Å². The molecule has 14 heavy (non-hydrogen) atoms. The van der Waals surface area contributed by atoms with Gasteiger partial charge in [0.15, 0.2) is 0 Å². The van der Waals surface area contributed by atoms with Gasteiger partial charge in [0, 0.05) is 0 Å². The van der Waals surface area contributed by atoms with Crippen LogP contribution in [0.2, 0.25) is 0 Å². The molecule has 86 valence electrons. The Morgan fingerprint density at radius 3 is 2.07 bits per heavy atom. The van der Waals surface area contributed by atoms with Gasteiger partial charge < -0.3 is 5.11 Å². The summed E-state index contributed by atoms with van der Waals surface area (Å²) in [4.78, 5) is 0. The van der Waals surface area contributed by atoms with Crippen LogP contribution in [0.1, 0.15) is 66.2 Å². The maximum Gasteiger partial charge on any atom is 0.0512 e. The van der Waals surface area contributed by atoms with Crippen molar-refractivity contribution < 1.29 is 5.11 Å². The first-order valence-corrected chi connectivity index (χ1v) is 6.28. The summed E-state index contributed by atoms with van der Waals surface area (Å²) in [6.07, 6.45) is 7.30. The van der Waals surface area contributed by atoms with E-state index in [0.29, 0.717) is 0 Å². The molecule has 0 aromatic carbocycles. The highest BCUT2D eigenvalue weighted by Gasteiger charge is 2.10. The molecular formula is C13H28O. The normalized spacial score (nSPS) is 17.8. The first kappa shape index (κ1) is 14.0. The van der Waals surface area contributed by atoms with Crippen LogP contribution < -0.4 is 0 Å². The average molecular weight is 200 g/mol. The molecule has 0 aliphatic carbocycles. The van der Waals surface area contributed by atoms with Gasteiger partial charge in [0.25, 0.3) is 0 Å². The molecule has 1 N–H and O–H groups in total. The van der Waals surface area contributed by atoms with E-state index >= 15 is 0 Å². The lowest BCUT2D eigenvalue weighted by Gasteiger charge is -2.18. The minimum absolute atomic E-state index is 0.115. The highest BCUT2D eigenvalue weighted by Crippen LogP contribution is 2.23. The molecular weight excluding hydrogens is 172 g/mol. The van der Waals surface area contributed by atoms with Crippen molar-refractivity contribution in [3.8, 4) is 0 Å². The Kier molecular flexibility index (Phi) is 8.26. The van der Waals surface area contributed by atoms with Crippen LogP contribution in [0.5, 0.6) is 0 Å². The molecule has 1 nitrogen and oxygen atoms in total. The topological polar surface area (TPSA) is 20.2 Å². The van der Waals surface area contributed by atoms with E-state index < -0.39 is 0 Å². The van der Waals surface area contributed by atoms with Gasteiger partial charge >= 0.3 is 0 Å². The predicted molar refractivity (Wildman–Crippen MR) is 63.4 cm³/mol. The zero-order valence-electron chi connectivity index (χ0n) is 10.4. The first-order valence-electron chi connectivity index (χ1n) is 6.28. The van der Waals surface area contributed by atoms with Crippen molar-refractivity contribution in [2.45, 2.75) is 72.3 Å². The van der Waals surface area contributed by atoms with Crippen molar-refractivity contribution in [3.63, 3.8) is 0 Å². The van der Waals surface area contributed by atoms with Crippen molar-refractivity contribution in [3.05, 3.63) is 0 Å². The molecule has 0 aliphatic heterocycles. The number of aliphatic hydroxyl groups excluding tert-OH is 1. The smallest absolute Gasteiger partial charge is 0.0512 e.